The van der Waals surface area contributed by atoms with Crippen LogP contribution >= 0.6 is 0 Å². The minimum Gasteiger partial charge on any atom is -0.311 e. The summed E-state index contributed by atoms with van der Waals surface area (Å²) in [4.78, 5) is 30.0. The molecule has 4 nitrogen and oxygen atoms in total. The highest BCUT2D eigenvalue weighted by atomic mass is 16.2. The van der Waals surface area contributed by atoms with Crippen molar-refractivity contribution >= 4 is 23.2 Å². The molecule has 1 saturated heterocycles. The van der Waals surface area contributed by atoms with Crippen LogP contribution in [0, 0.1) is 5.92 Å². The number of anilines is 2. The van der Waals surface area contributed by atoms with E-state index in [4.69, 9.17) is 0 Å². The van der Waals surface area contributed by atoms with Crippen molar-refractivity contribution in [1.29, 1.82) is 0 Å². The first-order valence-corrected chi connectivity index (χ1v) is 10.5. The summed E-state index contributed by atoms with van der Waals surface area (Å²) in [5, 5.41) is 0. The van der Waals surface area contributed by atoms with Gasteiger partial charge in [0.25, 0.3) is 0 Å². The van der Waals surface area contributed by atoms with Crippen LogP contribution in [0.15, 0.2) is 84.9 Å². The number of nitrogens with zero attached hydrogens (tertiary/aromatic N) is 2. The smallest absolute Gasteiger partial charge is 0.232 e. The van der Waals surface area contributed by atoms with E-state index >= 15 is 0 Å². The summed E-state index contributed by atoms with van der Waals surface area (Å²) < 4.78 is 0. The molecule has 1 atom stereocenters. The molecule has 4 rings (SSSR count). The average Bonchev–Trinajstić information content (AvgIpc) is 3.19. The fourth-order valence-corrected chi connectivity index (χ4v) is 4.07. The summed E-state index contributed by atoms with van der Waals surface area (Å²) in [5.74, 6) is -0.344. The lowest BCUT2D eigenvalue weighted by Crippen LogP contribution is -2.37. The van der Waals surface area contributed by atoms with Crippen LogP contribution in [0.1, 0.15) is 24.5 Å². The summed E-state index contributed by atoms with van der Waals surface area (Å²) in [7, 11) is 0. The molecule has 1 unspecified atom stereocenters. The van der Waals surface area contributed by atoms with Crippen molar-refractivity contribution in [1.82, 2.24) is 0 Å². The molecule has 0 aliphatic carbocycles. The normalized spacial score (nSPS) is 16.0. The zero-order valence-corrected chi connectivity index (χ0v) is 17.2. The Bertz CT molecular complexity index is 1020. The van der Waals surface area contributed by atoms with Gasteiger partial charge in [-0.1, -0.05) is 73.7 Å². The maximum Gasteiger partial charge on any atom is 0.232 e. The lowest BCUT2D eigenvalue weighted by molar-refractivity contribution is -0.124. The van der Waals surface area contributed by atoms with Crippen molar-refractivity contribution < 1.29 is 9.59 Å². The molecule has 0 N–H and O–H groups in total. The van der Waals surface area contributed by atoms with Gasteiger partial charge >= 0.3 is 0 Å². The molecule has 0 bridgehead atoms. The Morgan fingerprint density at radius 3 is 2.27 bits per heavy atom. The lowest BCUT2D eigenvalue weighted by Gasteiger charge is -2.26. The maximum absolute atomic E-state index is 13.6. The predicted octanol–water partition coefficient (Wildman–Crippen LogP) is 4.84. The first-order valence-electron chi connectivity index (χ1n) is 10.5. The van der Waals surface area contributed by atoms with Crippen molar-refractivity contribution in [2.24, 2.45) is 5.92 Å². The Balaban J connectivity index is 1.60. The van der Waals surface area contributed by atoms with Gasteiger partial charge in [-0.3, -0.25) is 9.59 Å². The Labute approximate surface area is 177 Å². The van der Waals surface area contributed by atoms with E-state index in [1.807, 2.05) is 89.8 Å². The monoisotopic (exact) mass is 398 g/mol. The van der Waals surface area contributed by atoms with E-state index in [1.54, 1.807) is 4.90 Å². The third kappa shape index (κ3) is 4.13. The van der Waals surface area contributed by atoms with Crippen LogP contribution in [0.2, 0.25) is 0 Å². The molecular weight excluding hydrogens is 372 g/mol. The zero-order valence-electron chi connectivity index (χ0n) is 17.2. The van der Waals surface area contributed by atoms with E-state index in [0.717, 1.165) is 28.9 Å². The summed E-state index contributed by atoms with van der Waals surface area (Å²) in [5.41, 5.74) is 3.97. The van der Waals surface area contributed by atoms with Gasteiger partial charge in [0.15, 0.2) is 0 Å². The molecule has 0 spiro atoms. The molecule has 30 heavy (non-hydrogen) atoms. The average molecular weight is 399 g/mol. The summed E-state index contributed by atoms with van der Waals surface area (Å²) in [6.07, 6.45) is 1.09. The van der Waals surface area contributed by atoms with Crippen LogP contribution in [-0.2, 0) is 22.6 Å². The van der Waals surface area contributed by atoms with Crippen LogP contribution in [-0.4, -0.2) is 18.4 Å². The number of aryl methyl sites for hydroxylation is 1. The molecule has 1 aliphatic heterocycles. The molecule has 0 aromatic heterocycles. The molecule has 1 aliphatic rings. The number of amides is 2. The molecular formula is C26H26N2O2. The van der Waals surface area contributed by atoms with Gasteiger partial charge in [-0.25, -0.2) is 0 Å². The zero-order chi connectivity index (χ0) is 20.9. The van der Waals surface area contributed by atoms with E-state index in [0.29, 0.717) is 13.1 Å². The fourth-order valence-electron chi connectivity index (χ4n) is 4.07. The number of para-hydroxylation sites is 2. The molecule has 0 radical (unpaired) electrons. The van der Waals surface area contributed by atoms with Crippen LogP contribution < -0.4 is 9.80 Å². The Morgan fingerprint density at radius 1 is 0.933 bits per heavy atom. The number of carbonyl (C=O) groups is 2. The van der Waals surface area contributed by atoms with E-state index < -0.39 is 0 Å². The van der Waals surface area contributed by atoms with Gasteiger partial charge in [0, 0.05) is 24.3 Å². The highest BCUT2D eigenvalue weighted by molar-refractivity contribution is 6.04. The Morgan fingerprint density at radius 2 is 1.57 bits per heavy atom. The Kier molecular flexibility index (Phi) is 5.94. The first-order chi connectivity index (χ1) is 14.7. The third-order valence-electron chi connectivity index (χ3n) is 5.65. The molecule has 3 aromatic carbocycles. The van der Waals surface area contributed by atoms with Crippen molar-refractivity contribution in [2.75, 3.05) is 16.3 Å². The van der Waals surface area contributed by atoms with Gasteiger partial charge in [-0.05, 0) is 35.7 Å². The van der Waals surface area contributed by atoms with Crippen molar-refractivity contribution in [2.45, 2.75) is 26.3 Å². The van der Waals surface area contributed by atoms with Crippen molar-refractivity contribution in [3.8, 4) is 0 Å². The second-order valence-corrected chi connectivity index (χ2v) is 7.63. The quantitative estimate of drug-likeness (QED) is 0.596. The standard InChI is InChI=1S/C26H26N2O2/c1-2-21-13-9-10-16-24(21)28-19-22(17-25(28)29)26(30)27(23-14-7-4-8-15-23)18-20-11-5-3-6-12-20/h3-16,22H,2,17-19H2,1H3. The largest absolute Gasteiger partial charge is 0.311 e. The molecule has 2 amide bonds. The highest BCUT2D eigenvalue weighted by Crippen LogP contribution is 2.31. The number of rotatable bonds is 6. The van der Waals surface area contributed by atoms with Gasteiger partial charge in [-0.15, -0.1) is 0 Å². The molecule has 1 heterocycles. The SMILES string of the molecule is CCc1ccccc1N1CC(C(=O)N(Cc2ccccc2)c2ccccc2)CC1=O. The third-order valence-corrected chi connectivity index (χ3v) is 5.65. The molecule has 0 saturated carbocycles. The fraction of sp³-hybridized carbons (Fsp3) is 0.231. The predicted molar refractivity (Wildman–Crippen MR) is 120 cm³/mol. The van der Waals surface area contributed by atoms with Crippen LogP contribution in [0.3, 0.4) is 0 Å². The van der Waals surface area contributed by atoms with E-state index in [2.05, 4.69) is 6.92 Å². The topological polar surface area (TPSA) is 40.6 Å². The minimum atomic E-state index is -0.355. The van der Waals surface area contributed by atoms with Gasteiger partial charge in [0.2, 0.25) is 11.8 Å². The number of hydrogen-bond donors (Lipinski definition) is 0. The number of benzene rings is 3. The maximum atomic E-state index is 13.6. The van der Waals surface area contributed by atoms with Gasteiger partial charge < -0.3 is 9.80 Å². The van der Waals surface area contributed by atoms with E-state index in [9.17, 15) is 9.59 Å². The molecule has 152 valence electrons. The lowest BCUT2D eigenvalue weighted by atomic mass is 10.1. The minimum absolute atomic E-state index is 0.00474. The first kappa shape index (κ1) is 19.9. The summed E-state index contributed by atoms with van der Waals surface area (Å²) >= 11 is 0. The van der Waals surface area contributed by atoms with Gasteiger partial charge in [-0.2, -0.15) is 0 Å². The summed E-state index contributed by atoms with van der Waals surface area (Å²) in [6.45, 7) is 2.99. The van der Waals surface area contributed by atoms with Crippen LogP contribution in [0.5, 0.6) is 0 Å². The summed E-state index contributed by atoms with van der Waals surface area (Å²) in [6, 6.07) is 27.6. The number of carbonyl (C=O) groups excluding carboxylic acids is 2. The molecule has 1 fully saturated rings. The molecule has 4 heteroatoms. The Hall–Kier alpha value is -3.40. The van der Waals surface area contributed by atoms with Crippen LogP contribution in [0.4, 0.5) is 11.4 Å². The van der Waals surface area contributed by atoms with Gasteiger partial charge in [0.1, 0.15) is 0 Å². The highest BCUT2D eigenvalue weighted by Gasteiger charge is 2.38. The van der Waals surface area contributed by atoms with Crippen molar-refractivity contribution in [3.63, 3.8) is 0 Å². The second kappa shape index (κ2) is 8.95. The second-order valence-electron chi connectivity index (χ2n) is 7.63. The van der Waals surface area contributed by atoms with Gasteiger partial charge in [0.05, 0.1) is 12.5 Å². The van der Waals surface area contributed by atoms with E-state index in [-0.39, 0.29) is 24.2 Å². The van der Waals surface area contributed by atoms with E-state index in [1.165, 1.54) is 0 Å². The van der Waals surface area contributed by atoms with Crippen LogP contribution in [0.25, 0.3) is 0 Å². The number of hydrogen-bond acceptors (Lipinski definition) is 2. The van der Waals surface area contributed by atoms with Crippen molar-refractivity contribution in [3.05, 3.63) is 96.1 Å². The molecule has 3 aromatic rings.